The molecule has 0 fully saturated rings. The van der Waals surface area contributed by atoms with Gasteiger partial charge in [0.2, 0.25) is 0 Å². The molecule has 13 heteroatoms. The van der Waals surface area contributed by atoms with Crippen molar-refractivity contribution < 1.29 is 23.7 Å². The topological polar surface area (TPSA) is 128 Å². The monoisotopic (exact) mass is 984 g/mol. The van der Waals surface area contributed by atoms with E-state index in [1.807, 2.05) is 67.7 Å². The summed E-state index contributed by atoms with van der Waals surface area (Å²) >= 11 is 7.01. The number of unbranched alkanes of at least 4 members (excludes halogenated alkanes) is 2. The summed E-state index contributed by atoms with van der Waals surface area (Å²) in [5, 5.41) is 5.49. The lowest BCUT2D eigenvalue weighted by Crippen LogP contribution is -2.23. The van der Waals surface area contributed by atoms with Gasteiger partial charge in [-0.05, 0) is 94.3 Å². The number of aromatic nitrogens is 4. The van der Waals surface area contributed by atoms with Crippen LogP contribution in [0.1, 0.15) is 83.7 Å². The van der Waals surface area contributed by atoms with Gasteiger partial charge in [0.1, 0.15) is 34.3 Å². The maximum absolute atomic E-state index is 6.12. The first-order valence-electron chi connectivity index (χ1n) is 21.5. The van der Waals surface area contributed by atoms with Crippen LogP contribution in [0.2, 0.25) is 0 Å². The second-order valence-corrected chi connectivity index (χ2v) is 17.5. The number of ether oxygens (including phenoxy) is 5. The van der Waals surface area contributed by atoms with Crippen LogP contribution in [0, 0.1) is 0 Å². The third-order valence-corrected chi connectivity index (χ3v) is 11.7. The molecular formula is C50H62Br2N6O5. The number of nitrogens with one attached hydrogen (secondary N) is 1. The summed E-state index contributed by atoms with van der Waals surface area (Å²) in [6.45, 7) is 12.9. The summed E-state index contributed by atoms with van der Waals surface area (Å²) in [6.07, 6.45) is 10.4. The standard InChI is InChI=1S/C23H24BrN3O2.C18H18BrN3O2.C9H20O/c1-4-5-6-22-26-20-13-25-19-11-16(24)8-10-18(19)23(20)27(22)14-15-7-9-17(28-2)12-21(15)29-3;1-23-13-5-3-11(17(8-13)24-2)9-22-18-14-6-4-12(19)7-16(14)21-10-15(18)20;1-5-7-8-9(3,4)10-6-2/h7-13H,4-6,14H2,1-3H3;3-8,10H,9,20H2,1-2H3,(H,21,22);5-8H2,1-4H3. The maximum Gasteiger partial charge on any atom is 0.127 e. The highest BCUT2D eigenvalue weighted by molar-refractivity contribution is 9.10. The lowest BCUT2D eigenvalue weighted by Gasteiger charge is -2.24. The zero-order valence-corrected chi connectivity index (χ0v) is 41.3. The molecule has 0 radical (unpaired) electrons. The molecule has 0 aliphatic heterocycles. The van der Waals surface area contributed by atoms with Crippen molar-refractivity contribution >= 4 is 76.1 Å². The molecule has 63 heavy (non-hydrogen) atoms. The number of nitrogens with zero attached hydrogens (tertiary/aromatic N) is 4. The minimum Gasteiger partial charge on any atom is -0.497 e. The van der Waals surface area contributed by atoms with Gasteiger partial charge < -0.3 is 39.3 Å². The molecule has 0 amide bonds. The van der Waals surface area contributed by atoms with Crippen LogP contribution in [-0.4, -0.2) is 60.2 Å². The highest BCUT2D eigenvalue weighted by Crippen LogP contribution is 2.33. The zero-order chi connectivity index (χ0) is 45.5. The lowest BCUT2D eigenvalue weighted by atomic mass is 10.0. The fraction of sp³-hybridized carbons (Fsp3) is 0.380. The summed E-state index contributed by atoms with van der Waals surface area (Å²) in [7, 11) is 6.64. The van der Waals surface area contributed by atoms with E-state index in [1.165, 1.54) is 19.3 Å². The molecule has 7 rings (SSSR count). The molecule has 3 aromatic heterocycles. The van der Waals surface area contributed by atoms with Crippen molar-refractivity contribution in [2.75, 3.05) is 46.1 Å². The molecule has 0 atom stereocenters. The second kappa shape index (κ2) is 23.5. The van der Waals surface area contributed by atoms with Crippen LogP contribution in [0.5, 0.6) is 23.0 Å². The van der Waals surface area contributed by atoms with Crippen LogP contribution in [0.15, 0.2) is 94.1 Å². The number of halogens is 2. The van der Waals surface area contributed by atoms with Crippen molar-refractivity contribution in [3.8, 4) is 23.0 Å². The first-order chi connectivity index (χ1) is 30.4. The van der Waals surface area contributed by atoms with Crippen molar-refractivity contribution in [1.82, 2.24) is 19.5 Å². The minimum absolute atomic E-state index is 0.102. The van der Waals surface area contributed by atoms with E-state index < -0.39 is 0 Å². The fourth-order valence-corrected chi connectivity index (χ4v) is 8.01. The number of imidazole rings is 1. The number of rotatable bonds is 17. The Morgan fingerprint density at radius 1 is 0.683 bits per heavy atom. The van der Waals surface area contributed by atoms with Gasteiger partial charge >= 0.3 is 0 Å². The van der Waals surface area contributed by atoms with Crippen molar-refractivity contribution in [3.05, 3.63) is 111 Å². The van der Waals surface area contributed by atoms with Crippen molar-refractivity contribution in [3.63, 3.8) is 0 Å². The molecule has 0 saturated heterocycles. The maximum atomic E-state index is 6.12. The van der Waals surface area contributed by atoms with Gasteiger partial charge in [0.25, 0.3) is 0 Å². The third kappa shape index (κ3) is 13.0. The van der Waals surface area contributed by atoms with E-state index in [-0.39, 0.29) is 5.60 Å². The van der Waals surface area contributed by atoms with Gasteiger partial charge in [0.05, 0.1) is 80.9 Å². The highest BCUT2D eigenvalue weighted by Gasteiger charge is 2.18. The number of fused-ring (bicyclic) bond motifs is 4. The molecule has 0 aliphatic carbocycles. The number of aryl methyl sites for hydroxylation is 1. The molecule has 4 aromatic carbocycles. The smallest absolute Gasteiger partial charge is 0.127 e. The Bertz CT molecular complexity index is 2580. The Labute approximate surface area is 389 Å². The number of benzene rings is 4. The van der Waals surface area contributed by atoms with E-state index in [9.17, 15) is 0 Å². The number of hydrogen-bond acceptors (Lipinski definition) is 10. The van der Waals surface area contributed by atoms with Gasteiger partial charge in [-0.3, -0.25) is 9.97 Å². The Morgan fingerprint density at radius 3 is 1.87 bits per heavy atom. The predicted octanol–water partition coefficient (Wildman–Crippen LogP) is 13.0. The number of anilines is 2. The highest BCUT2D eigenvalue weighted by atomic mass is 79.9. The second-order valence-electron chi connectivity index (χ2n) is 15.6. The average Bonchev–Trinajstić information content (AvgIpc) is 3.64. The predicted molar refractivity (Wildman–Crippen MR) is 266 cm³/mol. The molecule has 336 valence electrons. The van der Waals surface area contributed by atoms with E-state index in [4.69, 9.17) is 34.4 Å². The molecule has 7 aromatic rings. The van der Waals surface area contributed by atoms with Crippen LogP contribution in [0.4, 0.5) is 11.4 Å². The van der Waals surface area contributed by atoms with Crippen LogP contribution in [0.3, 0.4) is 0 Å². The largest absolute Gasteiger partial charge is 0.497 e. The zero-order valence-electron chi connectivity index (χ0n) is 38.1. The molecule has 0 bridgehead atoms. The van der Waals surface area contributed by atoms with Gasteiger partial charge in [0.15, 0.2) is 0 Å². The van der Waals surface area contributed by atoms with Gasteiger partial charge in [-0.2, -0.15) is 0 Å². The normalized spacial score (nSPS) is 11.2. The van der Waals surface area contributed by atoms with Gasteiger partial charge in [-0.15, -0.1) is 0 Å². The molecule has 0 spiro atoms. The lowest BCUT2D eigenvalue weighted by molar-refractivity contribution is -0.0174. The molecule has 3 N–H and O–H groups in total. The van der Waals surface area contributed by atoms with Gasteiger partial charge in [-0.25, -0.2) is 4.98 Å². The average molecular weight is 987 g/mol. The van der Waals surface area contributed by atoms with E-state index in [1.54, 1.807) is 34.6 Å². The van der Waals surface area contributed by atoms with Crippen molar-refractivity contribution in [2.45, 2.75) is 91.8 Å². The van der Waals surface area contributed by atoms with E-state index in [0.717, 1.165) is 113 Å². The molecule has 0 unspecified atom stereocenters. The summed E-state index contributed by atoms with van der Waals surface area (Å²) < 4.78 is 31.5. The van der Waals surface area contributed by atoms with Crippen LogP contribution < -0.4 is 30.0 Å². The molecule has 3 heterocycles. The quantitative estimate of drug-likeness (QED) is 0.0910. The van der Waals surface area contributed by atoms with Crippen LogP contribution in [0.25, 0.3) is 32.8 Å². The Morgan fingerprint density at radius 2 is 1.27 bits per heavy atom. The first-order valence-corrected chi connectivity index (χ1v) is 23.0. The van der Waals surface area contributed by atoms with E-state index >= 15 is 0 Å². The van der Waals surface area contributed by atoms with Crippen molar-refractivity contribution in [2.24, 2.45) is 0 Å². The Balaban J connectivity index is 0.000000199. The van der Waals surface area contributed by atoms with Gasteiger partial charge in [0, 0.05) is 62.5 Å². The summed E-state index contributed by atoms with van der Waals surface area (Å²) in [5.74, 6) is 4.20. The van der Waals surface area contributed by atoms with Crippen LogP contribution >= 0.6 is 31.9 Å². The number of nitrogens with two attached hydrogens (primary N) is 1. The summed E-state index contributed by atoms with van der Waals surface area (Å²) in [6, 6.07) is 23.9. The molecular weight excluding hydrogens is 924 g/mol. The summed E-state index contributed by atoms with van der Waals surface area (Å²) in [4.78, 5) is 13.9. The number of nitrogen functional groups attached to an aromatic ring is 1. The minimum atomic E-state index is 0.102. The number of pyridine rings is 2. The van der Waals surface area contributed by atoms with Crippen LogP contribution in [-0.2, 0) is 24.2 Å². The number of hydrogen-bond donors (Lipinski definition) is 2. The summed E-state index contributed by atoms with van der Waals surface area (Å²) in [5.41, 5.74) is 13.7. The molecule has 11 nitrogen and oxygen atoms in total. The SMILES string of the molecule is CCCCC(C)(C)OCC.CCCCc1nc2cnc3cc(Br)ccc3c2n1Cc1ccc(OC)cc1OC.COc1ccc(CNc2c(N)cnc3cc(Br)ccc23)c(OC)c1. The Kier molecular flexibility index (Phi) is 18.3. The van der Waals surface area contributed by atoms with E-state index in [0.29, 0.717) is 18.8 Å². The fourth-order valence-electron chi connectivity index (χ4n) is 7.31. The number of methoxy groups -OCH3 is 4. The van der Waals surface area contributed by atoms with E-state index in [2.05, 4.69) is 97.6 Å². The molecule has 0 saturated carbocycles. The third-order valence-electron chi connectivity index (χ3n) is 10.7. The molecule has 0 aliphatic rings. The first kappa shape index (κ1) is 48.9. The van der Waals surface area contributed by atoms with Gasteiger partial charge in [-0.1, -0.05) is 65.0 Å². The van der Waals surface area contributed by atoms with Crippen molar-refractivity contribution in [1.29, 1.82) is 0 Å². The Hall–Kier alpha value is -5.11.